The van der Waals surface area contributed by atoms with Gasteiger partial charge in [0.1, 0.15) is 0 Å². The Morgan fingerprint density at radius 1 is 1.44 bits per heavy atom. The van der Waals surface area contributed by atoms with Crippen molar-refractivity contribution in [3.8, 4) is 0 Å². The second kappa shape index (κ2) is 6.85. The average Bonchev–Trinajstić information content (AvgIpc) is 2.67. The highest BCUT2D eigenvalue weighted by atomic mass is 16.5. The van der Waals surface area contributed by atoms with Gasteiger partial charge in [0.25, 0.3) is 0 Å². The first-order valence-electron chi connectivity index (χ1n) is 7.06. The summed E-state index contributed by atoms with van der Waals surface area (Å²) in [7, 11) is 0. The van der Waals surface area contributed by atoms with Crippen molar-refractivity contribution in [2.75, 3.05) is 19.8 Å². The Hall–Kier alpha value is -0.940. The fraction of sp³-hybridized carbons (Fsp3) is 0.846. The van der Waals surface area contributed by atoms with Crippen molar-refractivity contribution in [3.05, 3.63) is 11.4 Å². The van der Waals surface area contributed by atoms with E-state index in [0.717, 1.165) is 38.3 Å². The van der Waals surface area contributed by atoms with Crippen LogP contribution in [0.15, 0.2) is 0 Å². The Bertz CT molecular complexity index is 360. The van der Waals surface area contributed by atoms with Crippen molar-refractivity contribution >= 4 is 0 Å². The van der Waals surface area contributed by atoms with Crippen LogP contribution in [0, 0.1) is 0 Å². The number of ether oxygens (including phenoxy) is 1. The number of hydrogen-bond acceptors (Lipinski definition) is 4. The van der Waals surface area contributed by atoms with Crippen LogP contribution in [0.4, 0.5) is 0 Å². The molecule has 102 valence electrons. The van der Waals surface area contributed by atoms with Gasteiger partial charge in [-0.05, 0) is 32.7 Å². The molecule has 1 fully saturated rings. The lowest BCUT2D eigenvalue weighted by Crippen LogP contribution is -2.18. The Balaban J connectivity index is 1.99. The fourth-order valence-electron chi connectivity index (χ4n) is 2.43. The average molecular weight is 252 g/mol. The summed E-state index contributed by atoms with van der Waals surface area (Å²) in [5, 5.41) is 8.59. The molecule has 1 aliphatic rings. The topological polar surface area (TPSA) is 66.0 Å². The van der Waals surface area contributed by atoms with Gasteiger partial charge in [0.15, 0.2) is 0 Å². The molecule has 2 N–H and O–H groups in total. The summed E-state index contributed by atoms with van der Waals surface area (Å²) in [5.74, 6) is 0.661. The van der Waals surface area contributed by atoms with Crippen LogP contribution in [0.5, 0.6) is 0 Å². The molecule has 1 aromatic rings. The molecule has 18 heavy (non-hydrogen) atoms. The van der Waals surface area contributed by atoms with Crippen molar-refractivity contribution in [2.24, 2.45) is 5.73 Å². The number of hydrogen-bond donors (Lipinski definition) is 1. The van der Waals surface area contributed by atoms with E-state index in [-0.39, 0.29) is 0 Å². The normalized spacial score (nSPS) is 15.9. The van der Waals surface area contributed by atoms with Crippen LogP contribution in [-0.2, 0) is 17.7 Å². The molecule has 0 saturated heterocycles. The molecule has 5 nitrogen and oxygen atoms in total. The Kier molecular flexibility index (Phi) is 5.13. The van der Waals surface area contributed by atoms with Crippen LogP contribution in [0.3, 0.4) is 0 Å². The number of nitrogens with two attached hydrogens (primary N) is 1. The van der Waals surface area contributed by atoms with Gasteiger partial charge in [-0.3, -0.25) is 0 Å². The van der Waals surface area contributed by atoms with E-state index in [2.05, 4.69) is 15.0 Å². The first-order chi connectivity index (χ1) is 8.86. The maximum atomic E-state index is 5.64. The molecule has 1 aliphatic carbocycles. The molecule has 0 amide bonds. The molecule has 1 saturated carbocycles. The van der Waals surface area contributed by atoms with Crippen LogP contribution in [-0.4, -0.2) is 34.8 Å². The van der Waals surface area contributed by atoms with Crippen molar-refractivity contribution in [2.45, 2.75) is 51.5 Å². The summed E-state index contributed by atoms with van der Waals surface area (Å²) >= 11 is 0. The lowest BCUT2D eigenvalue weighted by Gasteiger charge is -2.26. The van der Waals surface area contributed by atoms with E-state index in [4.69, 9.17) is 10.5 Å². The highest BCUT2D eigenvalue weighted by molar-refractivity contribution is 5.18. The molecule has 1 heterocycles. The zero-order valence-corrected chi connectivity index (χ0v) is 11.3. The first-order valence-corrected chi connectivity index (χ1v) is 7.06. The SMILES string of the molecule is CCOCCCn1nnc(CCN)c1C1CCC1. The minimum Gasteiger partial charge on any atom is -0.382 e. The van der Waals surface area contributed by atoms with E-state index in [1.807, 2.05) is 6.92 Å². The molecule has 0 aliphatic heterocycles. The van der Waals surface area contributed by atoms with E-state index in [1.54, 1.807) is 0 Å². The number of rotatable bonds is 8. The Morgan fingerprint density at radius 3 is 2.89 bits per heavy atom. The molecule has 0 unspecified atom stereocenters. The van der Waals surface area contributed by atoms with Crippen molar-refractivity contribution in [3.63, 3.8) is 0 Å². The van der Waals surface area contributed by atoms with E-state index in [1.165, 1.54) is 25.0 Å². The predicted octanol–water partition coefficient (Wildman–Crippen LogP) is 1.47. The molecule has 0 spiro atoms. The second-order valence-corrected chi connectivity index (χ2v) is 4.86. The Labute approximate surface area is 109 Å². The van der Waals surface area contributed by atoms with E-state index < -0.39 is 0 Å². The summed E-state index contributed by atoms with van der Waals surface area (Å²) in [5.41, 5.74) is 8.09. The third-order valence-electron chi connectivity index (χ3n) is 3.58. The van der Waals surface area contributed by atoms with Gasteiger partial charge in [-0.25, -0.2) is 4.68 Å². The lowest BCUT2D eigenvalue weighted by molar-refractivity contribution is 0.140. The van der Waals surface area contributed by atoms with Crippen LogP contribution < -0.4 is 5.73 Å². The van der Waals surface area contributed by atoms with Gasteiger partial charge >= 0.3 is 0 Å². The zero-order valence-electron chi connectivity index (χ0n) is 11.3. The number of aromatic nitrogens is 3. The predicted molar refractivity (Wildman–Crippen MR) is 70.5 cm³/mol. The highest BCUT2D eigenvalue weighted by Crippen LogP contribution is 2.37. The molecular formula is C13H24N4O. The summed E-state index contributed by atoms with van der Waals surface area (Å²) in [6.07, 6.45) is 5.72. The maximum Gasteiger partial charge on any atom is 0.0874 e. The minimum atomic E-state index is 0.650. The highest BCUT2D eigenvalue weighted by Gasteiger charge is 2.27. The number of nitrogens with zero attached hydrogens (tertiary/aromatic N) is 3. The summed E-state index contributed by atoms with van der Waals surface area (Å²) < 4.78 is 7.45. The summed E-state index contributed by atoms with van der Waals surface area (Å²) in [4.78, 5) is 0. The van der Waals surface area contributed by atoms with Gasteiger partial charge in [0.2, 0.25) is 0 Å². The molecule has 5 heteroatoms. The number of aryl methyl sites for hydroxylation is 1. The van der Waals surface area contributed by atoms with E-state index in [0.29, 0.717) is 12.5 Å². The zero-order chi connectivity index (χ0) is 12.8. The van der Waals surface area contributed by atoms with E-state index >= 15 is 0 Å². The van der Waals surface area contributed by atoms with E-state index in [9.17, 15) is 0 Å². The van der Waals surface area contributed by atoms with Gasteiger partial charge in [-0.1, -0.05) is 11.6 Å². The molecule has 1 aromatic heterocycles. The third-order valence-corrected chi connectivity index (χ3v) is 3.58. The molecular weight excluding hydrogens is 228 g/mol. The van der Waals surface area contributed by atoms with Crippen LogP contribution in [0.2, 0.25) is 0 Å². The summed E-state index contributed by atoms with van der Waals surface area (Å²) in [6.45, 7) is 5.16. The van der Waals surface area contributed by atoms with Gasteiger partial charge < -0.3 is 10.5 Å². The Morgan fingerprint density at radius 2 is 2.28 bits per heavy atom. The molecule has 0 bridgehead atoms. The third kappa shape index (κ3) is 3.09. The van der Waals surface area contributed by atoms with Crippen molar-refractivity contribution in [1.29, 1.82) is 0 Å². The molecule has 2 rings (SSSR count). The van der Waals surface area contributed by atoms with Gasteiger partial charge in [0, 0.05) is 32.1 Å². The van der Waals surface area contributed by atoms with Gasteiger partial charge in [-0.2, -0.15) is 0 Å². The minimum absolute atomic E-state index is 0.650. The molecule has 0 radical (unpaired) electrons. The monoisotopic (exact) mass is 252 g/mol. The smallest absolute Gasteiger partial charge is 0.0874 e. The molecule has 0 aromatic carbocycles. The van der Waals surface area contributed by atoms with Gasteiger partial charge in [-0.15, -0.1) is 5.10 Å². The second-order valence-electron chi connectivity index (χ2n) is 4.86. The van der Waals surface area contributed by atoms with Crippen LogP contribution >= 0.6 is 0 Å². The standard InChI is InChI=1S/C13H24N4O/c1-2-18-10-4-9-17-13(11-5-3-6-11)12(7-8-14)15-16-17/h11H,2-10,14H2,1H3. The largest absolute Gasteiger partial charge is 0.382 e. The summed E-state index contributed by atoms with van der Waals surface area (Å²) in [6, 6.07) is 0. The van der Waals surface area contributed by atoms with Crippen LogP contribution in [0.1, 0.15) is 49.9 Å². The van der Waals surface area contributed by atoms with Gasteiger partial charge in [0.05, 0.1) is 11.4 Å². The van der Waals surface area contributed by atoms with Crippen LogP contribution in [0.25, 0.3) is 0 Å². The van der Waals surface area contributed by atoms with Crippen molar-refractivity contribution in [1.82, 2.24) is 15.0 Å². The quantitative estimate of drug-likeness (QED) is 0.712. The first kappa shape index (κ1) is 13.5. The molecule has 0 atom stereocenters. The maximum absolute atomic E-state index is 5.64. The fourth-order valence-corrected chi connectivity index (χ4v) is 2.43. The lowest BCUT2D eigenvalue weighted by atomic mass is 9.81. The van der Waals surface area contributed by atoms with Crippen molar-refractivity contribution < 1.29 is 4.74 Å².